The summed E-state index contributed by atoms with van der Waals surface area (Å²) in [7, 11) is 8.42. The summed E-state index contributed by atoms with van der Waals surface area (Å²) >= 11 is 0. The van der Waals surface area contributed by atoms with Crippen molar-refractivity contribution in [3.63, 3.8) is 0 Å². The molecule has 1 saturated heterocycles. The van der Waals surface area contributed by atoms with E-state index in [9.17, 15) is 0 Å². The highest BCUT2D eigenvalue weighted by Crippen LogP contribution is 2.13. The molecule has 0 radical (unpaired) electrons. The van der Waals surface area contributed by atoms with Crippen LogP contribution in [0.5, 0.6) is 0 Å². The first-order chi connectivity index (χ1) is 9.10. The van der Waals surface area contributed by atoms with Gasteiger partial charge < -0.3 is 15.1 Å². The summed E-state index contributed by atoms with van der Waals surface area (Å²) in [5, 5.41) is 7.56. The number of aryl methyl sites for hydroxylation is 1. The van der Waals surface area contributed by atoms with Crippen molar-refractivity contribution in [1.82, 2.24) is 29.9 Å². The van der Waals surface area contributed by atoms with Crippen molar-refractivity contribution in [3.8, 4) is 0 Å². The Balaban J connectivity index is 1.93. The third-order valence-electron chi connectivity index (χ3n) is 4.18. The van der Waals surface area contributed by atoms with Crippen LogP contribution in [-0.4, -0.2) is 77.4 Å². The molecule has 1 aliphatic rings. The Morgan fingerprint density at radius 1 is 1.37 bits per heavy atom. The lowest BCUT2D eigenvalue weighted by atomic mass is 10.0. The highest BCUT2D eigenvalue weighted by atomic mass is 15.3. The third kappa shape index (κ3) is 3.75. The Morgan fingerprint density at radius 3 is 2.79 bits per heavy atom. The topological polar surface area (TPSA) is 49.2 Å². The van der Waals surface area contributed by atoms with Crippen LogP contribution in [0.1, 0.15) is 12.2 Å². The summed E-state index contributed by atoms with van der Waals surface area (Å²) in [6.07, 6.45) is 3.70. The van der Waals surface area contributed by atoms with E-state index >= 15 is 0 Å². The maximum absolute atomic E-state index is 4.32. The maximum atomic E-state index is 4.32. The van der Waals surface area contributed by atoms with Crippen LogP contribution in [0.25, 0.3) is 0 Å². The van der Waals surface area contributed by atoms with Crippen LogP contribution in [0.15, 0.2) is 6.33 Å². The van der Waals surface area contributed by atoms with Crippen LogP contribution in [0, 0.1) is 0 Å². The van der Waals surface area contributed by atoms with Gasteiger partial charge in [-0.1, -0.05) is 0 Å². The average Bonchev–Trinajstić information content (AvgIpc) is 2.78. The van der Waals surface area contributed by atoms with Crippen molar-refractivity contribution in [2.45, 2.75) is 24.9 Å². The number of aromatic nitrogens is 3. The Hall–Kier alpha value is -0.980. The predicted octanol–water partition coefficient (Wildman–Crippen LogP) is -0.418. The van der Waals surface area contributed by atoms with E-state index in [2.05, 4.69) is 39.3 Å². The first-order valence-electron chi connectivity index (χ1n) is 6.99. The van der Waals surface area contributed by atoms with Crippen LogP contribution >= 0.6 is 0 Å². The second kappa shape index (κ2) is 6.45. The summed E-state index contributed by atoms with van der Waals surface area (Å²) in [4.78, 5) is 9.21. The van der Waals surface area contributed by atoms with E-state index in [1.165, 1.54) is 6.54 Å². The molecule has 1 aliphatic heterocycles. The number of nitrogens with zero attached hydrogens (tertiary/aromatic N) is 5. The van der Waals surface area contributed by atoms with Gasteiger partial charge in [-0.05, 0) is 27.6 Å². The fourth-order valence-corrected chi connectivity index (χ4v) is 2.71. The minimum absolute atomic E-state index is 0.446. The van der Waals surface area contributed by atoms with Gasteiger partial charge in [-0.25, -0.2) is 4.98 Å². The zero-order valence-electron chi connectivity index (χ0n) is 12.5. The molecule has 6 heteroatoms. The van der Waals surface area contributed by atoms with E-state index in [-0.39, 0.29) is 0 Å². The monoisotopic (exact) mass is 266 g/mol. The molecule has 1 aromatic rings. The average molecular weight is 266 g/mol. The second-order valence-electron chi connectivity index (χ2n) is 5.62. The van der Waals surface area contributed by atoms with Gasteiger partial charge in [0.1, 0.15) is 12.2 Å². The van der Waals surface area contributed by atoms with Crippen molar-refractivity contribution in [2.24, 2.45) is 7.05 Å². The van der Waals surface area contributed by atoms with E-state index in [0.717, 1.165) is 31.8 Å². The van der Waals surface area contributed by atoms with Gasteiger partial charge >= 0.3 is 0 Å². The van der Waals surface area contributed by atoms with E-state index in [1.54, 1.807) is 6.33 Å². The molecule has 2 heterocycles. The molecule has 0 aromatic carbocycles. The lowest BCUT2D eigenvalue weighted by Gasteiger charge is -2.39. The molecule has 0 spiro atoms. The van der Waals surface area contributed by atoms with Gasteiger partial charge in [0.05, 0.1) is 0 Å². The van der Waals surface area contributed by atoms with Crippen LogP contribution in [0.3, 0.4) is 0 Å². The van der Waals surface area contributed by atoms with Gasteiger partial charge in [0.25, 0.3) is 0 Å². The normalized spacial score (nSPS) is 23.7. The van der Waals surface area contributed by atoms with Crippen LogP contribution < -0.4 is 5.32 Å². The van der Waals surface area contributed by atoms with Crippen molar-refractivity contribution in [1.29, 1.82) is 0 Å². The minimum atomic E-state index is 0.446. The smallest absolute Gasteiger partial charge is 0.138 e. The van der Waals surface area contributed by atoms with Gasteiger partial charge in [0.2, 0.25) is 0 Å². The molecular formula is C13H26N6. The lowest BCUT2D eigenvalue weighted by Crippen LogP contribution is -2.52. The predicted molar refractivity (Wildman–Crippen MR) is 76.1 cm³/mol. The third-order valence-corrected chi connectivity index (χ3v) is 4.18. The highest BCUT2D eigenvalue weighted by molar-refractivity contribution is 4.91. The number of rotatable bonds is 5. The van der Waals surface area contributed by atoms with E-state index in [4.69, 9.17) is 0 Å². The second-order valence-corrected chi connectivity index (χ2v) is 5.62. The Bertz CT molecular complexity index is 390. The quantitative estimate of drug-likeness (QED) is 0.784. The standard InChI is InChI=1S/C13H26N6/c1-14-11(8-13-15-10-16-19(13)4)7-12-9-17(2)5-6-18(12)3/h10-12,14H,5-9H2,1-4H3. The van der Waals surface area contributed by atoms with E-state index < -0.39 is 0 Å². The molecule has 2 rings (SSSR count). The Kier molecular flexibility index (Phi) is 4.90. The SMILES string of the molecule is CNC(Cc1ncnn1C)CC1CN(C)CCN1C. The maximum Gasteiger partial charge on any atom is 0.138 e. The molecule has 0 amide bonds. The molecular weight excluding hydrogens is 240 g/mol. The van der Waals surface area contributed by atoms with Crippen molar-refractivity contribution in [2.75, 3.05) is 40.8 Å². The van der Waals surface area contributed by atoms with Crippen LogP contribution in [0.4, 0.5) is 0 Å². The van der Waals surface area contributed by atoms with E-state index in [1.807, 2.05) is 18.8 Å². The molecule has 1 fully saturated rings. The first kappa shape index (κ1) is 14.4. The first-order valence-corrected chi connectivity index (χ1v) is 6.99. The van der Waals surface area contributed by atoms with Gasteiger partial charge in [-0.3, -0.25) is 4.68 Å². The summed E-state index contributed by atoms with van der Waals surface area (Å²) in [5.41, 5.74) is 0. The molecule has 1 aromatic heterocycles. The molecule has 0 aliphatic carbocycles. The number of hydrogen-bond acceptors (Lipinski definition) is 5. The van der Waals surface area contributed by atoms with Gasteiger partial charge in [-0.15, -0.1) is 0 Å². The molecule has 0 bridgehead atoms. The molecule has 2 atom stereocenters. The molecule has 108 valence electrons. The molecule has 19 heavy (non-hydrogen) atoms. The summed E-state index contributed by atoms with van der Waals surface area (Å²) < 4.78 is 1.86. The van der Waals surface area contributed by atoms with Crippen LogP contribution in [-0.2, 0) is 13.5 Å². The molecule has 2 unspecified atom stereocenters. The number of likely N-dealkylation sites (N-methyl/N-ethyl adjacent to an activating group) is 3. The number of nitrogens with one attached hydrogen (secondary N) is 1. The lowest BCUT2D eigenvalue weighted by molar-refractivity contribution is 0.101. The zero-order valence-corrected chi connectivity index (χ0v) is 12.5. The molecule has 1 N–H and O–H groups in total. The Labute approximate surface area is 115 Å². The largest absolute Gasteiger partial charge is 0.316 e. The Morgan fingerprint density at radius 2 is 2.16 bits per heavy atom. The summed E-state index contributed by atoms with van der Waals surface area (Å²) in [6, 6.07) is 1.06. The van der Waals surface area contributed by atoms with Gasteiger partial charge in [0, 0.05) is 45.2 Å². The fourth-order valence-electron chi connectivity index (χ4n) is 2.71. The van der Waals surface area contributed by atoms with Crippen molar-refractivity contribution in [3.05, 3.63) is 12.2 Å². The van der Waals surface area contributed by atoms with Crippen molar-refractivity contribution >= 4 is 0 Å². The molecule has 0 saturated carbocycles. The minimum Gasteiger partial charge on any atom is -0.316 e. The number of hydrogen-bond donors (Lipinski definition) is 1. The van der Waals surface area contributed by atoms with E-state index in [0.29, 0.717) is 12.1 Å². The van der Waals surface area contributed by atoms with Crippen molar-refractivity contribution < 1.29 is 0 Å². The van der Waals surface area contributed by atoms with Gasteiger partial charge in [0.15, 0.2) is 0 Å². The summed E-state index contributed by atoms with van der Waals surface area (Å²) in [5.74, 6) is 1.05. The summed E-state index contributed by atoms with van der Waals surface area (Å²) in [6.45, 7) is 3.47. The zero-order chi connectivity index (χ0) is 13.8. The molecule has 6 nitrogen and oxygen atoms in total. The van der Waals surface area contributed by atoms with Gasteiger partial charge in [-0.2, -0.15) is 5.10 Å². The van der Waals surface area contributed by atoms with Crippen LogP contribution in [0.2, 0.25) is 0 Å². The highest BCUT2D eigenvalue weighted by Gasteiger charge is 2.25. The number of piperazine rings is 1. The fraction of sp³-hybridized carbons (Fsp3) is 0.846.